The minimum atomic E-state index is -0.243. The Morgan fingerprint density at radius 2 is 1.86 bits per heavy atom. The standard InChI is InChI=1S/C19H25NO/c1-17-7-8-18(16(20)21)10-14(9-17)11-19(12-17,13-18)15-5-3-2-4-6-15/h2-6,14H,7-13H2,1H3,(H2,20,21)/t14?,17-,18?,19-/m1/s1. The minimum absolute atomic E-state index is 0.0429. The maximum Gasteiger partial charge on any atom is 0.223 e. The van der Waals surface area contributed by atoms with E-state index in [9.17, 15) is 4.79 Å². The molecule has 1 aromatic rings. The largest absolute Gasteiger partial charge is 0.369 e. The molecule has 0 aliphatic heterocycles. The van der Waals surface area contributed by atoms with Crippen molar-refractivity contribution in [2.45, 2.75) is 57.3 Å². The Hall–Kier alpha value is -1.31. The maximum absolute atomic E-state index is 12.3. The second-order valence-electron chi connectivity index (χ2n) is 8.43. The molecule has 5 rings (SSSR count). The summed E-state index contributed by atoms with van der Waals surface area (Å²) in [6.07, 6.45) is 7.96. The molecule has 112 valence electrons. The number of primary amides is 1. The SMILES string of the molecule is C[C@@]12CCC3(C(N)=O)CC(C1)C[C@](c1ccccc1)(C3)C2. The predicted molar refractivity (Wildman–Crippen MR) is 83.7 cm³/mol. The van der Waals surface area contributed by atoms with Gasteiger partial charge in [-0.3, -0.25) is 4.79 Å². The second kappa shape index (κ2) is 4.12. The summed E-state index contributed by atoms with van der Waals surface area (Å²) in [6.45, 7) is 2.44. The van der Waals surface area contributed by atoms with Gasteiger partial charge in [-0.05, 0) is 67.3 Å². The second-order valence-corrected chi connectivity index (χ2v) is 8.43. The van der Waals surface area contributed by atoms with Crippen molar-refractivity contribution < 1.29 is 4.79 Å². The third-order valence-corrected chi connectivity index (χ3v) is 6.70. The number of carbonyl (C=O) groups is 1. The Bertz CT molecular complexity index is 582. The van der Waals surface area contributed by atoms with Crippen molar-refractivity contribution >= 4 is 5.91 Å². The van der Waals surface area contributed by atoms with Gasteiger partial charge in [0.25, 0.3) is 0 Å². The van der Waals surface area contributed by atoms with Gasteiger partial charge in [-0.25, -0.2) is 0 Å². The number of nitrogens with two attached hydrogens (primary N) is 1. The van der Waals surface area contributed by atoms with Crippen molar-refractivity contribution in [2.75, 3.05) is 0 Å². The zero-order chi connectivity index (χ0) is 14.7. The van der Waals surface area contributed by atoms with Crippen molar-refractivity contribution in [1.82, 2.24) is 0 Å². The fraction of sp³-hybridized carbons (Fsp3) is 0.632. The number of fused-ring (bicyclic) bond motifs is 1. The van der Waals surface area contributed by atoms with E-state index in [1.807, 2.05) is 0 Å². The molecule has 2 nitrogen and oxygen atoms in total. The molecule has 4 aliphatic rings. The first-order valence-corrected chi connectivity index (χ1v) is 8.31. The van der Waals surface area contributed by atoms with Gasteiger partial charge in [-0.15, -0.1) is 0 Å². The van der Waals surface area contributed by atoms with Gasteiger partial charge in [0.2, 0.25) is 5.91 Å². The summed E-state index contributed by atoms with van der Waals surface area (Å²) >= 11 is 0. The fourth-order valence-corrected chi connectivity index (χ4v) is 6.18. The minimum Gasteiger partial charge on any atom is -0.369 e. The molecule has 0 radical (unpaired) electrons. The Morgan fingerprint density at radius 1 is 1.10 bits per heavy atom. The summed E-state index contributed by atoms with van der Waals surface area (Å²) in [5.41, 5.74) is 7.67. The van der Waals surface area contributed by atoms with Crippen LogP contribution in [0.5, 0.6) is 0 Å². The predicted octanol–water partition coefficient (Wildman–Crippen LogP) is 3.79. The molecule has 1 aromatic carbocycles. The molecule has 2 heteroatoms. The van der Waals surface area contributed by atoms with Crippen molar-refractivity contribution in [2.24, 2.45) is 22.5 Å². The number of benzene rings is 1. The molecule has 2 unspecified atom stereocenters. The summed E-state index contributed by atoms with van der Waals surface area (Å²) in [6, 6.07) is 10.9. The number of hydrogen-bond acceptors (Lipinski definition) is 1. The van der Waals surface area contributed by atoms with Crippen LogP contribution in [0.2, 0.25) is 0 Å². The van der Waals surface area contributed by atoms with Gasteiger partial charge in [-0.2, -0.15) is 0 Å². The first kappa shape index (κ1) is 13.4. The van der Waals surface area contributed by atoms with Crippen LogP contribution in [0.15, 0.2) is 30.3 Å². The maximum atomic E-state index is 12.3. The van der Waals surface area contributed by atoms with Gasteiger partial charge < -0.3 is 5.73 Å². The molecule has 0 aromatic heterocycles. The highest BCUT2D eigenvalue weighted by atomic mass is 16.1. The highest BCUT2D eigenvalue weighted by molar-refractivity contribution is 5.81. The first-order chi connectivity index (χ1) is 9.96. The molecular formula is C19H25NO. The van der Waals surface area contributed by atoms with Gasteiger partial charge in [-0.1, -0.05) is 37.3 Å². The van der Waals surface area contributed by atoms with E-state index in [4.69, 9.17) is 5.73 Å². The van der Waals surface area contributed by atoms with E-state index in [-0.39, 0.29) is 16.7 Å². The van der Waals surface area contributed by atoms with Crippen molar-refractivity contribution in [1.29, 1.82) is 0 Å². The lowest BCUT2D eigenvalue weighted by Gasteiger charge is -2.54. The van der Waals surface area contributed by atoms with Crippen molar-refractivity contribution in [3.8, 4) is 0 Å². The van der Waals surface area contributed by atoms with Crippen LogP contribution >= 0.6 is 0 Å². The summed E-state index contributed by atoms with van der Waals surface area (Å²) < 4.78 is 0. The molecule has 1 amide bonds. The molecule has 21 heavy (non-hydrogen) atoms. The molecule has 4 aliphatic carbocycles. The molecule has 2 N–H and O–H groups in total. The zero-order valence-electron chi connectivity index (χ0n) is 12.9. The van der Waals surface area contributed by atoms with Crippen LogP contribution in [-0.2, 0) is 10.2 Å². The first-order valence-electron chi connectivity index (χ1n) is 8.31. The third-order valence-electron chi connectivity index (χ3n) is 6.70. The van der Waals surface area contributed by atoms with E-state index in [1.165, 1.54) is 31.2 Å². The average Bonchev–Trinajstić information content (AvgIpc) is 2.61. The monoisotopic (exact) mass is 283 g/mol. The molecule has 4 atom stereocenters. The fourth-order valence-electron chi connectivity index (χ4n) is 6.18. The van der Waals surface area contributed by atoms with E-state index < -0.39 is 0 Å². The van der Waals surface area contributed by atoms with Crippen LogP contribution in [0.1, 0.15) is 57.4 Å². The van der Waals surface area contributed by atoms with Crippen LogP contribution in [0.3, 0.4) is 0 Å². The lowest BCUT2D eigenvalue weighted by Crippen LogP contribution is -2.51. The highest BCUT2D eigenvalue weighted by Gasteiger charge is 2.60. The molecule has 0 spiro atoms. The van der Waals surface area contributed by atoms with Crippen LogP contribution in [-0.4, -0.2) is 5.91 Å². The lowest BCUT2D eigenvalue weighted by molar-refractivity contribution is -0.133. The third kappa shape index (κ3) is 1.88. The van der Waals surface area contributed by atoms with E-state index in [0.29, 0.717) is 11.3 Å². The molecular weight excluding hydrogens is 258 g/mol. The highest BCUT2D eigenvalue weighted by Crippen LogP contribution is 2.66. The Labute approximate surface area is 127 Å². The van der Waals surface area contributed by atoms with Gasteiger partial charge >= 0.3 is 0 Å². The van der Waals surface area contributed by atoms with Crippen LogP contribution in [0, 0.1) is 16.7 Å². The number of amides is 1. The molecule has 0 heterocycles. The van der Waals surface area contributed by atoms with Gasteiger partial charge in [0.1, 0.15) is 0 Å². The summed E-state index contributed by atoms with van der Waals surface area (Å²) in [5.74, 6) is 0.631. The Morgan fingerprint density at radius 3 is 2.57 bits per heavy atom. The van der Waals surface area contributed by atoms with Crippen molar-refractivity contribution in [3.63, 3.8) is 0 Å². The van der Waals surface area contributed by atoms with E-state index in [2.05, 4.69) is 37.3 Å². The Balaban J connectivity index is 1.87. The van der Waals surface area contributed by atoms with Gasteiger partial charge in [0.05, 0.1) is 5.41 Å². The lowest BCUT2D eigenvalue weighted by atomic mass is 9.49. The van der Waals surface area contributed by atoms with Crippen LogP contribution in [0.4, 0.5) is 0 Å². The average molecular weight is 283 g/mol. The van der Waals surface area contributed by atoms with E-state index in [0.717, 1.165) is 19.3 Å². The van der Waals surface area contributed by atoms with Crippen LogP contribution < -0.4 is 5.73 Å². The molecule has 4 bridgehead atoms. The van der Waals surface area contributed by atoms with Gasteiger partial charge in [0, 0.05) is 0 Å². The smallest absolute Gasteiger partial charge is 0.223 e. The summed E-state index contributed by atoms with van der Waals surface area (Å²) in [5, 5.41) is 0. The normalized spacial score (nSPS) is 44.5. The summed E-state index contributed by atoms with van der Waals surface area (Å²) in [4.78, 5) is 12.3. The number of carbonyl (C=O) groups excluding carboxylic acids is 1. The van der Waals surface area contributed by atoms with Crippen molar-refractivity contribution in [3.05, 3.63) is 35.9 Å². The quantitative estimate of drug-likeness (QED) is 0.881. The molecule has 4 fully saturated rings. The zero-order valence-corrected chi connectivity index (χ0v) is 12.9. The summed E-state index contributed by atoms with van der Waals surface area (Å²) in [7, 11) is 0. The Kier molecular flexibility index (Phi) is 2.62. The molecule has 0 saturated heterocycles. The number of hydrogen-bond donors (Lipinski definition) is 1. The van der Waals surface area contributed by atoms with E-state index in [1.54, 1.807) is 0 Å². The van der Waals surface area contributed by atoms with Gasteiger partial charge in [0.15, 0.2) is 0 Å². The molecule has 4 saturated carbocycles. The number of rotatable bonds is 2. The topological polar surface area (TPSA) is 43.1 Å². The van der Waals surface area contributed by atoms with Crippen LogP contribution in [0.25, 0.3) is 0 Å². The van der Waals surface area contributed by atoms with E-state index >= 15 is 0 Å².